The summed E-state index contributed by atoms with van der Waals surface area (Å²) in [5.74, 6) is 0. The average Bonchev–Trinajstić information content (AvgIpc) is 2.48. The summed E-state index contributed by atoms with van der Waals surface area (Å²) in [6.45, 7) is 8.91. The van der Waals surface area contributed by atoms with E-state index in [1.54, 1.807) is 7.11 Å². The Balaban J connectivity index is 2.39. The molecular weight excluding hydrogens is 252 g/mol. The molecule has 0 saturated heterocycles. The first-order valence-electron chi connectivity index (χ1n) is 7.10. The van der Waals surface area contributed by atoms with Crippen molar-refractivity contribution in [1.29, 1.82) is 0 Å². The summed E-state index contributed by atoms with van der Waals surface area (Å²) in [6, 6.07) is 10.5. The van der Waals surface area contributed by atoms with Gasteiger partial charge in [0.25, 0.3) is 0 Å². The Morgan fingerprint density at radius 1 is 1.26 bits per heavy atom. The van der Waals surface area contributed by atoms with Gasteiger partial charge in [0.05, 0.1) is 0 Å². The van der Waals surface area contributed by atoms with Gasteiger partial charge < -0.3 is 8.85 Å². The Morgan fingerprint density at radius 3 is 2.58 bits per heavy atom. The zero-order chi connectivity index (χ0) is 14.1. The van der Waals surface area contributed by atoms with Gasteiger partial charge in [0.15, 0.2) is 0 Å². The second-order valence-electron chi connectivity index (χ2n) is 4.72. The van der Waals surface area contributed by atoms with Crippen LogP contribution in [0.5, 0.6) is 0 Å². The maximum atomic E-state index is 6.05. The standard InChI is InChI=1S/C16H26O2Si/c1-5-15-10-8-11-16(14-15)12-9-13-18-19(6-2,7-3)17-4/h5,8,10-11,14H,1,6-7,9,12-13H2,2-4H3. The molecule has 0 saturated carbocycles. The van der Waals surface area contributed by atoms with Gasteiger partial charge in [-0.2, -0.15) is 0 Å². The van der Waals surface area contributed by atoms with E-state index >= 15 is 0 Å². The zero-order valence-electron chi connectivity index (χ0n) is 12.4. The molecule has 3 heteroatoms. The molecule has 19 heavy (non-hydrogen) atoms. The molecule has 0 aliphatic carbocycles. The predicted molar refractivity (Wildman–Crippen MR) is 84.5 cm³/mol. The van der Waals surface area contributed by atoms with Gasteiger partial charge in [0.2, 0.25) is 0 Å². The minimum atomic E-state index is -1.89. The molecule has 0 radical (unpaired) electrons. The minimum Gasteiger partial charge on any atom is -0.398 e. The highest BCUT2D eigenvalue weighted by Crippen LogP contribution is 2.18. The second-order valence-corrected chi connectivity index (χ2v) is 8.66. The number of rotatable bonds is 9. The zero-order valence-corrected chi connectivity index (χ0v) is 13.4. The summed E-state index contributed by atoms with van der Waals surface area (Å²) >= 11 is 0. The highest BCUT2D eigenvalue weighted by atomic mass is 28.4. The van der Waals surface area contributed by atoms with Crippen molar-refractivity contribution in [3.63, 3.8) is 0 Å². The molecule has 1 aromatic rings. The fourth-order valence-corrected chi connectivity index (χ4v) is 4.33. The fraction of sp³-hybridized carbons (Fsp3) is 0.500. The van der Waals surface area contributed by atoms with Gasteiger partial charge in [0, 0.05) is 13.7 Å². The van der Waals surface area contributed by atoms with Crippen molar-refractivity contribution in [3.8, 4) is 0 Å². The normalized spacial score (nSPS) is 11.5. The smallest absolute Gasteiger partial charge is 0.337 e. The van der Waals surface area contributed by atoms with Crippen molar-refractivity contribution in [2.45, 2.75) is 38.8 Å². The molecule has 0 bridgehead atoms. The van der Waals surface area contributed by atoms with E-state index in [0.717, 1.165) is 31.5 Å². The quantitative estimate of drug-likeness (QED) is 0.492. The number of benzene rings is 1. The minimum absolute atomic E-state index is 0.792. The molecule has 0 aromatic heterocycles. The van der Waals surface area contributed by atoms with Crippen molar-refractivity contribution < 1.29 is 8.85 Å². The second kappa shape index (κ2) is 8.30. The fourth-order valence-electron chi connectivity index (χ4n) is 2.21. The number of hydrogen-bond donors (Lipinski definition) is 0. The molecular formula is C16H26O2Si. The van der Waals surface area contributed by atoms with Crippen molar-refractivity contribution >= 4 is 14.6 Å². The van der Waals surface area contributed by atoms with E-state index in [2.05, 4.69) is 44.7 Å². The molecule has 0 heterocycles. The summed E-state index contributed by atoms with van der Waals surface area (Å²) in [7, 11) is -0.105. The van der Waals surface area contributed by atoms with Gasteiger partial charge in [-0.15, -0.1) is 0 Å². The molecule has 0 atom stereocenters. The topological polar surface area (TPSA) is 18.5 Å². The molecule has 1 aromatic carbocycles. The van der Waals surface area contributed by atoms with Crippen molar-refractivity contribution in [1.82, 2.24) is 0 Å². The Kier molecular flexibility index (Phi) is 7.06. The lowest BCUT2D eigenvalue weighted by atomic mass is 10.1. The summed E-state index contributed by atoms with van der Waals surface area (Å²) in [5, 5.41) is 0. The highest BCUT2D eigenvalue weighted by molar-refractivity contribution is 6.67. The van der Waals surface area contributed by atoms with Crippen LogP contribution >= 0.6 is 0 Å². The molecule has 1 rings (SSSR count). The number of aryl methyl sites for hydroxylation is 1. The van der Waals surface area contributed by atoms with E-state index < -0.39 is 8.56 Å². The van der Waals surface area contributed by atoms with E-state index in [1.165, 1.54) is 11.1 Å². The van der Waals surface area contributed by atoms with Crippen LogP contribution < -0.4 is 0 Å². The molecule has 0 spiro atoms. The molecule has 0 aliphatic rings. The summed E-state index contributed by atoms with van der Waals surface area (Å²) in [6.07, 6.45) is 3.97. The lowest BCUT2D eigenvalue weighted by Gasteiger charge is -2.26. The van der Waals surface area contributed by atoms with E-state index in [-0.39, 0.29) is 0 Å². The van der Waals surface area contributed by atoms with Crippen LogP contribution in [0.1, 0.15) is 31.4 Å². The Labute approximate surface area is 118 Å². The number of hydrogen-bond acceptors (Lipinski definition) is 2. The molecule has 0 amide bonds. The Hall–Kier alpha value is -0.903. The maximum Gasteiger partial charge on any atom is 0.337 e. The van der Waals surface area contributed by atoms with Gasteiger partial charge in [-0.25, -0.2) is 0 Å². The van der Waals surface area contributed by atoms with Crippen LogP contribution in [0.2, 0.25) is 12.1 Å². The van der Waals surface area contributed by atoms with Crippen molar-refractivity contribution in [2.75, 3.05) is 13.7 Å². The van der Waals surface area contributed by atoms with Crippen LogP contribution in [0, 0.1) is 0 Å². The molecule has 2 nitrogen and oxygen atoms in total. The lowest BCUT2D eigenvalue weighted by molar-refractivity contribution is 0.197. The first kappa shape index (κ1) is 16.2. The lowest BCUT2D eigenvalue weighted by Crippen LogP contribution is -2.39. The Bertz CT molecular complexity index is 378. The third-order valence-electron chi connectivity index (χ3n) is 3.61. The van der Waals surface area contributed by atoms with E-state index in [9.17, 15) is 0 Å². The first-order chi connectivity index (χ1) is 9.19. The van der Waals surface area contributed by atoms with Crippen molar-refractivity contribution in [3.05, 3.63) is 42.0 Å². The van der Waals surface area contributed by atoms with Crippen LogP contribution in [-0.2, 0) is 15.3 Å². The molecule has 0 unspecified atom stereocenters. The monoisotopic (exact) mass is 278 g/mol. The third kappa shape index (κ3) is 4.94. The summed E-state index contributed by atoms with van der Waals surface area (Å²) < 4.78 is 11.7. The molecule has 106 valence electrons. The maximum absolute atomic E-state index is 6.05. The van der Waals surface area contributed by atoms with Crippen LogP contribution in [0.15, 0.2) is 30.8 Å². The molecule has 0 N–H and O–H groups in total. The van der Waals surface area contributed by atoms with Crippen LogP contribution in [-0.4, -0.2) is 22.3 Å². The Morgan fingerprint density at radius 2 is 2.00 bits per heavy atom. The van der Waals surface area contributed by atoms with Gasteiger partial charge in [-0.1, -0.05) is 50.8 Å². The molecule has 0 fully saturated rings. The molecule has 0 aliphatic heterocycles. The van der Waals surface area contributed by atoms with E-state index in [0.29, 0.717) is 0 Å². The van der Waals surface area contributed by atoms with Crippen LogP contribution in [0.4, 0.5) is 0 Å². The van der Waals surface area contributed by atoms with E-state index in [4.69, 9.17) is 8.85 Å². The van der Waals surface area contributed by atoms with E-state index in [1.807, 2.05) is 6.08 Å². The average molecular weight is 278 g/mol. The van der Waals surface area contributed by atoms with Gasteiger partial charge in [0.1, 0.15) is 0 Å². The predicted octanol–water partition coefficient (Wildman–Crippen LogP) is 4.41. The van der Waals surface area contributed by atoms with Crippen molar-refractivity contribution in [2.24, 2.45) is 0 Å². The van der Waals surface area contributed by atoms with Crippen LogP contribution in [0.25, 0.3) is 6.08 Å². The van der Waals surface area contributed by atoms with Gasteiger partial charge in [-0.3, -0.25) is 0 Å². The highest BCUT2D eigenvalue weighted by Gasteiger charge is 2.31. The van der Waals surface area contributed by atoms with Gasteiger partial charge in [-0.05, 0) is 36.1 Å². The SMILES string of the molecule is C=Cc1cccc(CCCO[Si](CC)(CC)OC)c1. The summed E-state index contributed by atoms with van der Waals surface area (Å²) in [5.41, 5.74) is 2.53. The van der Waals surface area contributed by atoms with Crippen LogP contribution in [0.3, 0.4) is 0 Å². The first-order valence-corrected chi connectivity index (χ1v) is 9.33. The summed E-state index contributed by atoms with van der Waals surface area (Å²) in [4.78, 5) is 0. The third-order valence-corrected chi connectivity index (χ3v) is 7.24. The largest absolute Gasteiger partial charge is 0.398 e. The van der Waals surface area contributed by atoms with Gasteiger partial charge >= 0.3 is 8.56 Å².